The van der Waals surface area contributed by atoms with E-state index in [1.807, 2.05) is 0 Å². The average molecular weight is 397 g/mol. The number of hydrogen-bond acceptors (Lipinski definition) is 11. The summed E-state index contributed by atoms with van der Waals surface area (Å²) in [6.07, 6.45) is -15.8. The second-order valence-electron chi connectivity index (χ2n) is 6.30. The largest absolute Gasteiger partial charge is 0.479 e. The summed E-state index contributed by atoms with van der Waals surface area (Å²) in [7, 11) is 0. The third-order valence-electron chi connectivity index (χ3n) is 4.35. The van der Waals surface area contributed by atoms with Gasteiger partial charge in [0.15, 0.2) is 18.7 Å². The minimum Gasteiger partial charge on any atom is -0.479 e. The molecule has 2 rings (SSSR count). The highest BCUT2D eigenvalue weighted by atomic mass is 16.7. The minimum absolute atomic E-state index is 0.630. The van der Waals surface area contributed by atoms with Gasteiger partial charge < -0.3 is 55.3 Å². The molecule has 10 atom stereocenters. The second kappa shape index (κ2) is 8.72. The van der Waals surface area contributed by atoms with Gasteiger partial charge >= 0.3 is 5.97 Å². The Morgan fingerprint density at radius 1 is 1.00 bits per heavy atom. The lowest BCUT2D eigenvalue weighted by Crippen LogP contribution is -2.67. The summed E-state index contributed by atoms with van der Waals surface area (Å²) in [4.78, 5) is 22.5. The number of amides is 1. The quantitative estimate of drug-likeness (QED) is 0.218. The predicted molar refractivity (Wildman–Crippen MR) is 80.8 cm³/mol. The SMILES string of the molecule is CC(=O)N[C@@H]1[C@@H](O[C@@H]2O[C@H](C(=O)O)[C@@H](O)[C@H](O)[C@H]2O)[C@H](O)[C@@H](CO)O[C@@H]1O. The Labute approximate surface area is 152 Å². The predicted octanol–water partition coefficient (Wildman–Crippen LogP) is -5.16. The van der Waals surface area contributed by atoms with Crippen molar-refractivity contribution in [3.8, 4) is 0 Å². The van der Waals surface area contributed by atoms with Gasteiger partial charge in [-0.05, 0) is 0 Å². The normalized spacial score (nSPS) is 45.3. The average Bonchev–Trinajstić information content (AvgIpc) is 2.60. The van der Waals surface area contributed by atoms with Crippen molar-refractivity contribution in [3.05, 3.63) is 0 Å². The first-order valence-electron chi connectivity index (χ1n) is 8.06. The third kappa shape index (κ3) is 4.53. The lowest BCUT2D eigenvalue weighted by atomic mass is 9.95. The van der Waals surface area contributed by atoms with Crippen molar-refractivity contribution in [1.82, 2.24) is 5.32 Å². The lowest BCUT2D eigenvalue weighted by molar-refractivity contribution is -0.336. The molecule has 0 aromatic carbocycles. The van der Waals surface area contributed by atoms with E-state index < -0.39 is 79.8 Å². The van der Waals surface area contributed by atoms with Gasteiger partial charge in [-0.15, -0.1) is 0 Å². The Balaban J connectivity index is 2.25. The van der Waals surface area contributed by atoms with Crippen LogP contribution in [0.1, 0.15) is 6.92 Å². The third-order valence-corrected chi connectivity index (χ3v) is 4.35. The topological polar surface area (TPSA) is 215 Å². The summed E-state index contributed by atoms with van der Waals surface area (Å²) in [5.41, 5.74) is 0. The Morgan fingerprint density at radius 3 is 2.15 bits per heavy atom. The first-order valence-corrected chi connectivity index (χ1v) is 8.06. The summed E-state index contributed by atoms with van der Waals surface area (Å²) in [5.74, 6) is -2.27. The van der Waals surface area contributed by atoms with Crippen LogP contribution in [0.4, 0.5) is 0 Å². The van der Waals surface area contributed by atoms with E-state index in [0.717, 1.165) is 6.92 Å². The van der Waals surface area contributed by atoms with Crippen molar-refractivity contribution < 1.29 is 59.5 Å². The van der Waals surface area contributed by atoms with Gasteiger partial charge in [-0.1, -0.05) is 0 Å². The van der Waals surface area contributed by atoms with Crippen LogP contribution in [-0.2, 0) is 23.8 Å². The molecule has 0 radical (unpaired) electrons. The van der Waals surface area contributed by atoms with Crippen molar-refractivity contribution in [2.45, 2.75) is 68.3 Å². The fourth-order valence-corrected chi connectivity index (χ4v) is 2.95. The molecule has 27 heavy (non-hydrogen) atoms. The lowest BCUT2D eigenvalue weighted by Gasteiger charge is -2.46. The number of hydrogen-bond donors (Lipinski definition) is 8. The number of nitrogens with one attached hydrogen (secondary N) is 1. The minimum atomic E-state index is -1.95. The van der Waals surface area contributed by atoms with Gasteiger partial charge in [-0.25, -0.2) is 4.79 Å². The molecule has 0 aliphatic carbocycles. The van der Waals surface area contributed by atoms with Gasteiger partial charge in [0, 0.05) is 6.92 Å². The van der Waals surface area contributed by atoms with E-state index in [1.54, 1.807) is 0 Å². The molecule has 13 nitrogen and oxygen atoms in total. The number of carbonyl (C=O) groups is 2. The van der Waals surface area contributed by atoms with E-state index >= 15 is 0 Å². The molecule has 0 saturated carbocycles. The first kappa shape index (κ1) is 21.9. The van der Waals surface area contributed by atoms with Gasteiger partial charge in [0.05, 0.1) is 6.61 Å². The summed E-state index contributed by atoms with van der Waals surface area (Å²) in [5, 5.41) is 70.4. The molecule has 1 amide bonds. The molecule has 8 N–H and O–H groups in total. The Hall–Kier alpha value is -1.42. The Morgan fingerprint density at radius 2 is 1.63 bits per heavy atom. The van der Waals surface area contributed by atoms with Crippen LogP contribution in [0.2, 0.25) is 0 Å². The van der Waals surface area contributed by atoms with Crippen LogP contribution < -0.4 is 5.32 Å². The second-order valence-corrected chi connectivity index (χ2v) is 6.30. The van der Waals surface area contributed by atoms with E-state index in [1.165, 1.54) is 0 Å². The summed E-state index contributed by atoms with van der Waals surface area (Å²) < 4.78 is 15.3. The molecule has 2 aliphatic rings. The standard InChI is InChI=1S/C14H23NO12/c1-3(17)15-5-10(6(18)4(2-16)25-13(5)24)26-14-9(21)7(19)8(20)11(27-14)12(22)23/h4-11,13-14,16,18-21,24H,2H2,1H3,(H,15,17)(H,22,23)/t4-,5-,6-,7+,8+,9-,10-,11+,13+,14-/m1/s1. The highest BCUT2D eigenvalue weighted by Crippen LogP contribution is 2.28. The fourth-order valence-electron chi connectivity index (χ4n) is 2.95. The summed E-state index contributed by atoms with van der Waals surface area (Å²) in [6.45, 7) is 0.388. The first-order chi connectivity index (χ1) is 12.6. The number of ether oxygens (including phenoxy) is 3. The molecule has 0 aromatic heterocycles. The van der Waals surface area contributed by atoms with Gasteiger partial charge in [-0.2, -0.15) is 0 Å². The Kier molecular flexibility index (Phi) is 7.07. The molecule has 2 heterocycles. The summed E-state index contributed by atoms with van der Waals surface area (Å²) >= 11 is 0. The van der Waals surface area contributed by atoms with Gasteiger partial charge in [0.2, 0.25) is 5.91 Å². The molecule has 2 fully saturated rings. The van der Waals surface area contributed by atoms with Crippen molar-refractivity contribution in [3.63, 3.8) is 0 Å². The van der Waals surface area contributed by atoms with Crippen LogP contribution in [0.5, 0.6) is 0 Å². The van der Waals surface area contributed by atoms with Crippen molar-refractivity contribution in [2.24, 2.45) is 0 Å². The monoisotopic (exact) mass is 397 g/mol. The molecule has 2 aliphatic heterocycles. The van der Waals surface area contributed by atoms with Crippen LogP contribution in [0.3, 0.4) is 0 Å². The van der Waals surface area contributed by atoms with Crippen molar-refractivity contribution >= 4 is 11.9 Å². The zero-order valence-corrected chi connectivity index (χ0v) is 14.2. The van der Waals surface area contributed by atoms with Gasteiger partial charge in [0.1, 0.15) is 42.7 Å². The molecule has 0 aromatic rings. The van der Waals surface area contributed by atoms with Gasteiger partial charge in [0.25, 0.3) is 0 Å². The number of rotatable bonds is 5. The molecule has 2 saturated heterocycles. The maximum absolute atomic E-state index is 11.4. The molecule has 13 heteroatoms. The van der Waals surface area contributed by atoms with Gasteiger partial charge in [-0.3, -0.25) is 4.79 Å². The number of aliphatic hydroxyl groups excluding tert-OH is 6. The number of aliphatic carboxylic acids is 1. The van der Waals surface area contributed by atoms with E-state index in [4.69, 9.17) is 19.3 Å². The van der Waals surface area contributed by atoms with Crippen molar-refractivity contribution in [2.75, 3.05) is 6.61 Å². The maximum Gasteiger partial charge on any atom is 0.335 e. The van der Waals surface area contributed by atoms with Crippen LogP contribution in [-0.4, -0.2) is 116 Å². The molecule has 0 unspecified atom stereocenters. The fraction of sp³-hybridized carbons (Fsp3) is 0.857. The maximum atomic E-state index is 11.4. The van der Waals surface area contributed by atoms with E-state index in [2.05, 4.69) is 5.32 Å². The van der Waals surface area contributed by atoms with E-state index in [-0.39, 0.29) is 0 Å². The van der Waals surface area contributed by atoms with Crippen LogP contribution in [0.25, 0.3) is 0 Å². The number of carbonyl (C=O) groups excluding carboxylic acids is 1. The van der Waals surface area contributed by atoms with E-state index in [9.17, 15) is 40.2 Å². The zero-order valence-electron chi connectivity index (χ0n) is 14.2. The smallest absolute Gasteiger partial charge is 0.335 e. The molecular formula is C14H23NO12. The zero-order chi connectivity index (χ0) is 20.5. The highest BCUT2D eigenvalue weighted by molar-refractivity contribution is 5.73. The molecule has 0 bridgehead atoms. The number of carboxylic acid groups (broad SMARTS) is 1. The highest BCUT2D eigenvalue weighted by Gasteiger charge is 2.52. The van der Waals surface area contributed by atoms with Crippen molar-refractivity contribution in [1.29, 1.82) is 0 Å². The van der Waals surface area contributed by atoms with Crippen LogP contribution >= 0.6 is 0 Å². The number of carboxylic acids is 1. The van der Waals surface area contributed by atoms with Crippen LogP contribution in [0.15, 0.2) is 0 Å². The number of aliphatic hydroxyl groups is 6. The summed E-state index contributed by atoms with van der Waals surface area (Å²) in [6, 6.07) is -1.37. The van der Waals surface area contributed by atoms with Crippen LogP contribution in [0, 0.1) is 0 Å². The molecule has 0 spiro atoms. The van der Waals surface area contributed by atoms with E-state index in [0.29, 0.717) is 0 Å². The molecule has 156 valence electrons. The molecular weight excluding hydrogens is 374 g/mol. The Bertz CT molecular complexity index is 546.